The Kier molecular flexibility index (Phi) is 23.0. The SMILES string of the molecule is CCCCOC(=O)c1ccccc1C1=c2cc3c(cc2Oc2cc4c(cc21)C(C)=CC(C)(C)N4CC)=[N+](CC)C(C)(C)C=C3C.CCN(CC)c1ccc(N=Nc2cc(-n3nc4ccccc4n3)ccc2O)c(O)c1.CCN(CC)c1ccc(N=Nc2cc(-n3nc4ccccc4n3)ccc2O)c(O)c1.[Co]. The minimum atomic E-state index is -0.290. The van der Waals surface area contributed by atoms with Crippen LogP contribution in [0.1, 0.15) is 135 Å². The van der Waals surface area contributed by atoms with E-state index in [0.29, 0.717) is 34.9 Å². The number of hydrogen-bond acceptors (Lipinski definition) is 18. The van der Waals surface area contributed by atoms with E-state index in [1.54, 1.807) is 48.5 Å². The van der Waals surface area contributed by atoms with Crippen molar-refractivity contribution in [2.75, 3.05) is 60.6 Å². The molecule has 3 aliphatic rings. The zero-order chi connectivity index (χ0) is 74.4. The third kappa shape index (κ3) is 15.6. The summed E-state index contributed by atoms with van der Waals surface area (Å²) in [5.74, 6) is 1.32. The fourth-order valence-corrected chi connectivity index (χ4v) is 14.1. The number of aromatic hydroxyl groups is 4. The van der Waals surface area contributed by atoms with E-state index in [0.717, 1.165) is 119 Å². The number of phenols is 4. The Morgan fingerprint density at radius 3 is 1.49 bits per heavy atom. The first-order valence-electron chi connectivity index (χ1n) is 36.0. The van der Waals surface area contributed by atoms with Crippen LogP contribution in [0.3, 0.4) is 0 Å². The van der Waals surface area contributed by atoms with E-state index in [9.17, 15) is 25.2 Å². The molecule has 0 fully saturated rings. The minimum absolute atomic E-state index is 0. The predicted octanol–water partition coefficient (Wildman–Crippen LogP) is 17.9. The van der Waals surface area contributed by atoms with Gasteiger partial charge in [-0.2, -0.15) is 9.59 Å². The number of benzene rings is 9. The average Bonchev–Trinajstić information content (AvgIpc) is 0.810. The van der Waals surface area contributed by atoms with Gasteiger partial charge in [-0.3, -0.25) is 0 Å². The number of rotatable bonds is 19. The first kappa shape index (κ1) is 75.7. The van der Waals surface area contributed by atoms with Crippen molar-refractivity contribution in [3.05, 3.63) is 220 Å². The number of phenolic OH excluding ortho intramolecular Hbond substituents is 4. The summed E-state index contributed by atoms with van der Waals surface area (Å²) in [7, 11) is 0. The second kappa shape index (κ2) is 32.3. The van der Waals surface area contributed by atoms with Crippen LogP contribution in [-0.4, -0.2) is 113 Å². The molecule has 0 spiro atoms. The molecule has 3 aliphatic heterocycles. The van der Waals surface area contributed by atoms with Crippen molar-refractivity contribution in [3.8, 4) is 45.9 Å². The topological polar surface area (TPSA) is 240 Å². The molecule has 0 saturated carbocycles. The van der Waals surface area contributed by atoms with Crippen LogP contribution >= 0.6 is 0 Å². The van der Waals surface area contributed by atoms with Crippen LogP contribution in [0.15, 0.2) is 202 Å². The van der Waals surface area contributed by atoms with E-state index in [1.807, 2.05) is 78.9 Å². The Labute approximate surface area is 628 Å². The van der Waals surface area contributed by atoms with Gasteiger partial charge in [-0.15, -0.1) is 40.9 Å². The van der Waals surface area contributed by atoms with Gasteiger partial charge in [-0.1, -0.05) is 61.9 Å². The van der Waals surface area contributed by atoms with E-state index in [4.69, 9.17) is 9.47 Å². The number of unbranched alkanes of at least 4 members (excludes halogenated alkanes) is 1. The Balaban J connectivity index is 0.000000163. The number of likely N-dealkylation sites (N-methyl/N-ethyl adjacent to an activating group) is 2. The van der Waals surface area contributed by atoms with Crippen molar-refractivity contribution in [2.45, 2.75) is 114 Å². The van der Waals surface area contributed by atoms with Crippen LogP contribution in [0.4, 0.5) is 39.8 Å². The van der Waals surface area contributed by atoms with Gasteiger partial charge in [-0.25, -0.2) is 9.37 Å². The summed E-state index contributed by atoms with van der Waals surface area (Å²) in [5.41, 5.74) is 16.5. The van der Waals surface area contributed by atoms with E-state index in [-0.39, 0.29) is 68.2 Å². The third-order valence-electron chi connectivity index (χ3n) is 19.4. The van der Waals surface area contributed by atoms with Crippen molar-refractivity contribution in [1.29, 1.82) is 0 Å². The smallest absolute Gasteiger partial charge is 0.338 e. The monoisotopic (exact) mass is 1470 g/mol. The number of esters is 1. The molecule has 0 amide bonds. The first-order chi connectivity index (χ1) is 50.6. The number of hydrogen-bond donors (Lipinski definition) is 4. The molecule has 0 unspecified atom stereocenters. The van der Waals surface area contributed by atoms with Crippen LogP contribution in [0.25, 0.3) is 50.2 Å². The van der Waals surface area contributed by atoms with Gasteiger partial charge in [0.15, 0.2) is 5.54 Å². The molecule has 1 radical (unpaired) electrons. The summed E-state index contributed by atoms with van der Waals surface area (Å²) in [5, 5.41) is 77.4. The molecule has 5 heterocycles. The Bertz CT molecular complexity index is 5120. The molecule has 106 heavy (non-hydrogen) atoms. The quantitative estimate of drug-likeness (QED) is 0.0255. The van der Waals surface area contributed by atoms with Crippen LogP contribution in [0.2, 0.25) is 0 Å². The molecule has 22 heteroatoms. The number of anilines is 3. The molecule has 4 N–H and O–H groups in total. The number of allylic oxidation sites excluding steroid dienone is 2. The largest absolute Gasteiger partial charge is 0.506 e. The minimum Gasteiger partial charge on any atom is -0.506 e. The normalized spacial score (nSPS) is 13.8. The molecule has 21 nitrogen and oxygen atoms in total. The predicted molar refractivity (Wildman–Crippen MR) is 418 cm³/mol. The van der Waals surface area contributed by atoms with Crippen molar-refractivity contribution in [3.63, 3.8) is 0 Å². The summed E-state index contributed by atoms with van der Waals surface area (Å²) >= 11 is 0. The Morgan fingerprint density at radius 2 is 1.01 bits per heavy atom. The van der Waals surface area contributed by atoms with Crippen molar-refractivity contribution >= 4 is 84.6 Å². The number of carbonyl (C=O) groups excluding carboxylic acids is 1. The number of azo groups is 2. The summed E-state index contributed by atoms with van der Waals surface area (Å²) in [6, 6.07) is 52.2. The molecular weight excluding hydrogens is 1380 g/mol. The van der Waals surface area contributed by atoms with E-state index < -0.39 is 0 Å². The van der Waals surface area contributed by atoms with Crippen LogP contribution < -0.4 is 34.6 Å². The zero-order valence-corrected chi connectivity index (χ0v) is 63.3. The Hall–Kier alpha value is -11.5. The summed E-state index contributed by atoms with van der Waals surface area (Å²) in [6.07, 6.45) is 6.52. The van der Waals surface area contributed by atoms with Gasteiger partial charge in [0.25, 0.3) is 0 Å². The van der Waals surface area contributed by atoms with Gasteiger partial charge in [0.1, 0.15) is 85.9 Å². The molecule has 0 bridgehead atoms. The van der Waals surface area contributed by atoms with Crippen molar-refractivity contribution < 1.29 is 51.5 Å². The number of fused-ring (bicyclic) bond motifs is 6. The molecule has 9 aromatic carbocycles. The average molecular weight is 1470 g/mol. The van der Waals surface area contributed by atoms with Crippen LogP contribution in [0.5, 0.6) is 34.5 Å². The fraction of sp³-hybridized carbons (Fsp3) is 0.286. The molecular formula is C84H91CoN14O7+. The molecule has 547 valence electrons. The van der Waals surface area contributed by atoms with Gasteiger partial charge in [-0.05, 0) is 202 Å². The van der Waals surface area contributed by atoms with Crippen LogP contribution in [-0.2, 0) is 21.5 Å². The summed E-state index contributed by atoms with van der Waals surface area (Å²) < 4.78 is 15.1. The first-order valence-corrected chi connectivity index (χ1v) is 36.0. The molecule has 14 rings (SSSR count). The molecule has 0 saturated heterocycles. The number of ether oxygens (including phenoxy) is 2. The molecule has 0 aliphatic carbocycles. The maximum absolute atomic E-state index is 13.6. The maximum atomic E-state index is 13.6. The molecule has 0 atom stereocenters. The zero-order valence-electron chi connectivity index (χ0n) is 62.3. The second-order valence-electron chi connectivity index (χ2n) is 27.1. The van der Waals surface area contributed by atoms with E-state index >= 15 is 0 Å². The van der Waals surface area contributed by atoms with Gasteiger partial charge >= 0.3 is 5.97 Å². The van der Waals surface area contributed by atoms with Crippen LogP contribution in [0, 0.1) is 0 Å². The maximum Gasteiger partial charge on any atom is 0.338 e. The summed E-state index contributed by atoms with van der Waals surface area (Å²) in [6.45, 7) is 33.7. The van der Waals surface area contributed by atoms with E-state index in [2.05, 4.69) is 193 Å². The molecule has 11 aromatic rings. The summed E-state index contributed by atoms with van der Waals surface area (Å²) in [4.78, 5) is 23.2. The number of aromatic nitrogens is 6. The van der Waals surface area contributed by atoms with Gasteiger partial charge in [0.05, 0.1) is 35.2 Å². The number of nitrogens with zero attached hydrogens (tertiary/aromatic N) is 14. The fourth-order valence-electron chi connectivity index (χ4n) is 14.1. The van der Waals surface area contributed by atoms with Gasteiger partial charge in [0, 0.05) is 126 Å². The second-order valence-corrected chi connectivity index (χ2v) is 27.1. The standard InChI is InChI=1S/C40H47N2O3.2C22H22N6O2.Co/c1-10-13-18-44-38(43)28-17-15-14-16-27(28)37-31-19-29-25(4)23-39(6,7)41(11-2)33(29)21-35(31)45-36-22-34-30(20-32(36)37)26(5)24-40(8,9)42(34)12-3;2*1-3-27(4-2)15-9-11-19(22(30)14-15)23-24-20-13-16(10-12-21(20)29)28-25-17-7-5-6-8-18(17)26-28;/h14-17,19-24H,10-13,18H2,1-9H3;2*5-14,29-30H,3-4H2,1-2H3;/q+1;;;. The van der Waals surface area contributed by atoms with Gasteiger partial charge < -0.3 is 44.6 Å². The van der Waals surface area contributed by atoms with Crippen molar-refractivity contribution in [2.24, 2.45) is 20.5 Å². The molecule has 2 aromatic heterocycles. The Morgan fingerprint density at radius 1 is 0.519 bits per heavy atom. The van der Waals surface area contributed by atoms with E-state index in [1.165, 1.54) is 55.0 Å². The third-order valence-corrected chi connectivity index (χ3v) is 19.4. The van der Waals surface area contributed by atoms with Gasteiger partial charge in [0.2, 0.25) is 5.36 Å². The number of carbonyl (C=O) groups is 1. The van der Waals surface area contributed by atoms with Crippen molar-refractivity contribution in [1.82, 2.24) is 34.6 Å².